The zero-order chi connectivity index (χ0) is 11.0. The average molecular weight is 239 g/mol. The van der Waals surface area contributed by atoms with Crippen molar-refractivity contribution < 1.29 is 26.4 Å². The molecule has 0 saturated heterocycles. The number of rotatable bonds is 7. The van der Waals surface area contributed by atoms with Gasteiger partial charge in [-0.15, -0.1) is 0 Å². The van der Waals surface area contributed by atoms with Crippen molar-refractivity contribution in [1.82, 2.24) is 5.32 Å². The summed E-state index contributed by atoms with van der Waals surface area (Å²) in [6, 6.07) is 0. The van der Waals surface area contributed by atoms with Gasteiger partial charge in [-0.3, -0.25) is 4.79 Å². The van der Waals surface area contributed by atoms with Crippen LogP contribution in [0.3, 0.4) is 0 Å². The van der Waals surface area contributed by atoms with Crippen LogP contribution in [-0.2, 0) is 9.53 Å². The lowest BCUT2D eigenvalue weighted by Gasteiger charge is -2.23. The fraction of sp³-hybridized carbons (Fsp3) is 0.900. The van der Waals surface area contributed by atoms with Gasteiger partial charge in [-0.05, 0) is 0 Å². The van der Waals surface area contributed by atoms with Gasteiger partial charge in [0.05, 0.1) is 40.9 Å². The predicted molar refractivity (Wildman–Crippen MR) is 57.0 cm³/mol. The van der Waals surface area contributed by atoms with E-state index in [1.807, 2.05) is 0 Å². The normalized spacial score (nSPS) is 10.7. The molecule has 4 nitrogen and oxygen atoms in total. The fourth-order valence-corrected chi connectivity index (χ4v) is 1.04. The topological polar surface area (TPSA) is 38.3 Å². The van der Waals surface area contributed by atoms with Crippen LogP contribution >= 0.6 is 0 Å². The molecule has 92 valence electrons. The van der Waals surface area contributed by atoms with E-state index in [1.54, 1.807) is 0 Å². The second-order valence-corrected chi connectivity index (χ2v) is 4.46. The number of hydrogen-bond acceptors (Lipinski definition) is 2. The van der Waals surface area contributed by atoms with E-state index in [2.05, 4.69) is 26.5 Å². The molecule has 0 aromatic carbocycles. The summed E-state index contributed by atoms with van der Waals surface area (Å²) in [4.78, 5) is 10.5. The molecule has 0 saturated carbocycles. The summed E-state index contributed by atoms with van der Waals surface area (Å²) in [5.41, 5.74) is 0. The first-order chi connectivity index (χ1) is 6.42. The van der Waals surface area contributed by atoms with Crippen LogP contribution in [0, 0.1) is 0 Å². The lowest BCUT2D eigenvalue weighted by Crippen LogP contribution is -3.00. The van der Waals surface area contributed by atoms with Crippen LogP contribution < -0.4 is 17.7 Å². The molecule has 0 heterocycles. The third-order valence-corrected chi connectivity index (χ3v) is 1.74. The number of nitrogens with zero attached hydrogens (tertiary/aromatic N) is 1. The van der Waals surface area contributed by atoms with Crippen molar-refractivity contribution in [2.45, 2.75) is 13.3 Å². The molecular weight excluding hydrogens is 216 g/mol. The molecule has 0 aromatic heterocycles. The zero-order valence-corrected chi connectivity index (χ0v) is 10.9. The fourth-order valence-electron chi connectivity index (χ4n) is 1.04. The Bertz CT molecular complexity index is 169. The number of carbonyl (C=O) groups is 1. The van der Waals surface area contributed by atoms with Crippen molar-refractivity contribution in [3.8, 4) is 0 Å². The van der Waals surface area contributed by atoms with Gasteiger partial charge < -0.3 is 26.9 Å². The predicted octanol–water partition coefficient (Wildman–Crippen LogP) is -2.76. The number of quaternary nitrogens is 1. The summed E-state index contributed by atoms with van der Waals surface area (Å²) in [5.74, 6) is -0.0000387. The minimum atomic E-state index is -0.0000387. The minimum absolute atomic E-state index is 0. The van der Waals surface area contributed by atoms with Crippen molar-refractivity contribution in [3.05, 3.63) is 0 Å². The number of ether oxygens (including phenoxy) is 1. The molecule has 0 rings (SSSR count). The lowest BCUT2D eigenvalue weighted by molar-refractivity contribution is -0.870. The largest absolute Gasteiger partial charge is 1.00 e. The molecule has 0 aliphatic rings. The minimum Gasteiger partial charge on any atom is -1.00 e. The number of nitrogens with one attached hydrogen (secondary N) is 1. The highest BCUT2D eigenvalue weighted by molar-refractivity contribution is 5.72. The highest BCUT2D eigenvalue weighted by Crippen LogP contribution is 1.93. The Labute approximate surface area is 99.0 Å². The van der Waals surface area contributed by atoms with Gasteiger partial charge in [-0.2, -0.15) is 0 Å². The molecule has 0 fully saturated rings. The maximum absolute atomic E-state index is 10.5. The maximum atomic E-state index is 10.5. The van der Waals surface area contributed by atoms with Crippen LogP contribution in [0.2, 0.25) is 0 Å². The van der Waals surface area contributed by atoms with E-state index in [1.165, 1.54) is 6.92 Å². The third kappa shape index (κ3) is 16.4. The summed E-state index contributed by atoms with van der Waals surface area (Å²) in [6.07, 6.45) is 1.06. The molecule has 0 aliphatic carbocycles. The van der Waals surface area contributed by atoms with Gasteiger partial charge in [0.25, 0.3) is 0 Å². The Kier molecular flexibility index (Phi) is 10.2. The van der Waals surface area contributed by atoms with Crippen LogP contribution in [-0.4, -0.2) is 57.8 Å². The third-order valence-electron chi connectivity index (χ3n) is 1.74. The highest BCUT2D eigenvalue weighted by atomic mass is 35.5. The average Bonchev–Trinajstić information content (AvgIpc) is 2.00. The van der Waals surface area contributed by atoms with E-state index in [0.717, 1.165) is 24.1 Å². The molecule has 0 unspecified atom stereocenters. The van der Waals surface area contributed by atoms with Crippen LogP contribution in [0.1, 0.15) is 13.3 Å². The molecule has 5 heteroatoms. The number of hydrogen-bond donors (Lipinski definition) is 1. The van der Waals surface area contributed by atoms with E-state index >= 15 is 0 Å². The number of halogens is 1. The van der Waals surface area contributed by atoms with Crippen molar-refractivity contribution in [3.63, 3.8) is 0 Å². The molecule has 0 atom stereocenters. The van der Waals surface area contributed by atoms with E-state index in [-0.39, 0.29) is 18.3 Å². The standard InChI is InChI=1S/C10H22N2O2.ClH/c1-10(13)11-6-9-14-8-5-7-12(2,3)4;/h5-9H2,1-4H3;1H. The molecule has 15 heavy (non-hydrogen) atoms. The first-order valence-corrected chi connectivity index (χ1v) is 5.04. The molecule has 1 N–H and O–H groups in total. The summed E-state index contributed by atoms with van der Waals surface area (Å²) >= 11 is 0. The Morgan fingerprint density at radius 1 is 1.27 bits per heavy atom. The molecule has 0 radical (unpaired) electrons. The Morgan fingerprint density at radius 2 is 1.87 bits per heavy atom. The van der Waals surface area contributed by atoms with Gasteiger partial charge >= 0.3 is 0 Å². The second-order valence-electron chi connectivity index (χ2n) is 4.46. The highest BCUT2D eigenvalue weighted by Gasteiger charge is 2.05. The van der Waals surface area contributed by atoms with Crippen LogP contribution in [0.5, 0.6) is 0 Å². The molecule has 0 aliphatic heterocycles. The van der Waals surface area contributed by atoms with Crippen molar-refractivity contribution in [2.75, 3.05) is 47.4 Å². The lowest BCUT2D eigenvalue weighted by atomic mass is 10.4. The van der Waals surface area contributed by atoms with Crippen LogP contribution in [0.4, 0.5) is 0 Å². The molecule has 0 aromatic rings. The number of carbonyl (C=O) groups excluding carboxylic acids is 1. The summed E-state index contributed by atoms with van der Waals surface area (Å²) in [6.45, 7) is 4.61. The summed E-state index contributed by atoms with van der Waals surface area (Å²) in [5, 5.41) is 2.68. The van der Waals surface area contributed by atoms with Crippen LogP contribution in [0.15, 0.2) is 0 Å². The van der Waals surface area contributed by atoms with Crippen molar-refractivity contribution in [2.24, 2.45) is 0 Å². The van der Waals surface area contributed by atoms with E-state index < -0.39 is 0 Å². The van der Waals surface area contributed by atoms with E-state index in [4.69, 9.17) is 4.74 Å². The number of amides is 1. The summed E-state index contributed by atoms with van der Waals surface area (Å²) in [7, 11) is 6.49. The summed E-state index contributed by atoms with van der Waals surface area (Å²) < 4.78 is 6.32. The SMILES string of the molecule is CC(=O)NCCOCCC[N+](C)(C)C.[Cl-]. The van der Waals surface area contributed by atoms with Crippen LogP contribution in [0.25, 0.3) is 0 Å². The quantitative estimate of drug-likeness (QED) is 0.386. The van der Waals surface area contributed by atoms with Gasteiger partial charge in [0.1, 0.15) is 0 Å². The second kappa shape index (κ2) is 8.95. The van der Waals surface area contributed by atoms with Crippen molar-refractivity contribution in [1.29, 1.82) is 0 Å². The smallest absolute Gasteiger partial charge is 0.216 e. The van der Waals surface area contributed by atoms with E-state index in [0.29, 0.717) is 13.2 Å². The van der Waals surface area contributed by atoms with Gasteiger partial charge in [-0.1, -0.05) is 0 Å². The van der Waals surface area contributed by atoms with Gasteiger partial charge in [-0.25, -0.2) is 0 Å². The van der Waals surface area contributed by atoms with Gasteiger partial charge in [0, 0.05) is 19.9 Å². The maximum Gasteiger partial charge on any atom is 0.216 e. The zero-order valence-electron chi connectivity index (χ0n) is 10.2. The monoisotopic (exact) mass is 238 g/mol. The molecule has 0 bridgehead atoms. The Hall–Kier alpha value is -0.320. The van der Waals surface area contributed by atoms with Gasteiger partial charge in [0.2, 0.25) is 5.91 Å². The molecular formula is C10H23ClN2O2. The molecule has 1 amide bonds. The van der Waals surface area contributed by atoms with Gasteiger partial charge in [0.15, 0.2) is 0 Å². The Balaban J connectivity index is 0. The first kappa shape index (κ1) is 17.1. The van der Waals surface area contributed by atoms with Crippen molar-refractivity contribution >= 4 is 5.91 Å². The Morgan fingerprint density at radius 3 is 2.33 bits per heavy atom. The van der Waals surface area contributed by atoms with E-state index in [9.17, 15) is 4.79 Å². The first-order valence-electron chi connectivity index (χ1n) is 5.04. The molecule has 0 spiro atoms.